The molecule has 0 amide bonds. The Kier molecular flexibility index (Phi) is 7.00. The van der Waals surface area contributed by atoms with Gasteiger partial charge in [-0.1, -0.05) is 39.7 Å². The summed E-state index contributed by atoms with van der Waals surface area (Å²) >= 11 is 0. The maximum absolute atomic E-state index is 13.7. The van der Waals surface area contributed by atoms with E-state index in [1.54, 1.807) is 6.07 Å². The molecular weight excluding hydrogens is 244 g/mol. The molecule has 0 radical (unpaired) electrons. The van der Waals surface area contributed by atoms with Crippen LogP contribution in [0.1, 0.15) is 45.6 Å². The van der Waals surface area contributed by atoms with Crippen LogP contribution in [0, 0.1) is 17.6 Å². The zero-order chi connectivity index (χ0) is 14.3. The molecule has 1 aromatic rings. The highest BCUT2D eigenvalue weighted by Crippen LogP contribution is 2.19. The second-order valence-electron chi connectivity index (χ2n) is 5.08. The maximum atomic E-state index is 13.7. The third-order valence-electron chi connectivity index (χ3n) is 3.73. The van der Waals surface area contributed by atoms with Gasteiger partial charge in [0, 0.05) is 12.1 Å². The van der Waals surface area contributed by atoms with E-state index in [0.717, 1.165) is 31.9 Å². The van der Waals surface area contributed by atoms with Crippen LogP contribution in [0.4, 0.5) is 8.78 Å². The SMILES string of the molecule is CCCNC(Cc1ccc(F)cc1F)C(CC)CC. The van der Waals surface area contributed by atoms with Crippen LogP contribution in [0.5, 0.6) is 0 Å². The summed E-state index contributed by atoms with van der Waals surface area (Å²) in [6.07, 6.45) is 3.82. The summed E-state index contributed by atoms with van der Waals surface area (Å²) in [5, 5.41) is 3.50. The zero-order valence-electron chi connectivity index (χ0n) is 12.2. The molecular formula is C16H25F2N. The second kappa shape index (κ2) is 8.26. The van der Waals surface area contributed by atoms with Crippen LogP contribution in [0.25, 0.3) is 0 Å². The monoisotopic (exact) mass is 269 g/mol. The summed E-state index contributed by atoms with van der Waals surface area (Å²) < 4.78 is 26.7. The molecule has 0 aliphatic heterocycles. The van der Waals surface area contributed by atoms with Crippen molar-refractivity contribution in [2.75, 3.05) is 6.54 Å². The van der Waals surface area contributed by atoms with E-state index in [0.29, 0.717) is 17.9 Å². The maximum Gasteiger partial charge on any atom is 0.129 e. The van der Waals surface area contributed by atoms with Gasteiger partial charge in [0.1, 0.15) is 11.6 Å². The highest BCUT2D eigenvalue weighted by molar-refractivity contribution is 5.19. The van der Waals surface area contributed by atoms with Gasteiger partial charge in [0.2, 0.25) is 0 Å². The van der Waals surface area contributed by atoms with Crippen molar-refractivity contribution in [1.82, 2.24) is 5.32 Å². The summed E-state index contributed by atoms with van der Waals surface area (Å²) in [5.41, 5.74) is 0.599. The molecule has 0 saturated carbocycles. The molecule has 0 saturated heterocycles. The molecule has 3 heteroatoms. The first kappa shape index (κ1) is 16.1. The van der Waals surface area contributed by atoms with Crippen LogP contribution < -0.4 is 5.32 Å². The summed E-state index contributed by atoms with van der Waals surface area (Å²) in [6.45, 7) is 7.38. The molecule has 0 fully saturated rings. The van der Waals surface area contributed by atoms with E-state index in [9.17, 15) is 8.78 Å². The molecule has 1 atom stereocenters. The molecule has 1 aromatic carbocycles. The lowest BCUT2D eigenvalue weighted by molar-refractivity contribution is 0.329. The van der Waals surface area contributed by atoms with Crippen molar-refractivity contribution >= 4 is 0 Å². The van der Waals surface area contributed by atoms with Gasteiger partial charge in [-0.2, -0.15) is 0 Å². The minimum atomic E-state index is -0.512. The van der Waals surface area contributed by atoms with Gasteiger partial charge >= 0.3 is 0 Å². The van der Waals surface area contributed by atoms with E-state index in [-0.39, 0.29) is 6.04 Å². The molecule has 108 valence electrons. The van der Waals surface area contributed by atoms with E-state index in [4.69, 9.17) is 0 Å². The van der Waals surface area contributed by atoms with Crippen molar-refractivity contribution in [3.8, 4) is 0 Å². The molecule has 19 heavy (non-hydrogen) atoms. The van der Waals surface area contributed by atoms with Crippen LogP contribution in [0.15, 0.2) is 18.2 Å². The first-order valence-electron chi connectivity index (χ1n) is 7.29. The molecule has 0 spiro atoms. The van der Waals surface area contributed by atoms with E-state index >= 15 is 0 Å². The lowest BCUT2D eigenvalue weighted by Gasteiger charge is -2.27. The fraction of sp³-hybridized carbons (Fsp3) is 0.625. The van der Waals surface area contributed by atoms with Gasteiger partial charge in [0.05, 0.1) is 0 Å². The van der Waals surface area contributed by atoms with Crippen molar-refractivity contribution in [2.45, 2.75) is 52.5 Å². The van der Waals surface area contributed by atoms with E-state index in [1.807, 2.05) is 0 Å². The first-order valence-corrected chi connectivity index (χ1v) is 7.29. The molecule has 1 rings (SSSR count). The predicted octanol–water partition coefficient (Wildman–Crippen LogP) is 4.31. The summed E-state index contributed by atoms with van der Waals surface area (Å²) in [6, 6.07) is 4.13. The molecule has 1 N–H and O–H groups in total. The third-order valence-corrected chi connectivity index (χ3v) is 3.73. The Morgan fingerprint density at radius 3 is 2.32 bits per heavy atom. The van der Waals surface area contributed by atoms with Crippen LogP contribution >= 0.6 is 0 Å². The van der Waals surface area contributed by atoms with E-state index in [2.05, 4.69) is 26.1 Å². The molecule has 0 aromatic heterocycles. The Labute approximate surface area is 115 Å². The second-order valence-corrected chi connectivity index (χ2v) is 5.08. The number of hydrogen-bond acceptors (Lipinski definition) is 1. The molecule has 0 heterocycles. The summed E-state index contributed by atoms with van der Waals surface area (Å²) in [4.78, 5) is 0. The fourth-order valence-corrected chi connectivity index (χ4v) is 2.52. The Hall–Kier alpha value is -0.960. The van der Waals surface area contributed by atoms with Gasteiger partial charge in [0.25, 0.3) is 0 Å². The van der Waals surface area contributed by atoms with Crippen molar-refractivity contribution in [3.63, 3.8) is 0 Å². The fourth-order valence-electron chi connectivity index (χ4n) is 2.52. The molecule has 0 aliphatic carbocycles. The number of benzene rings is 1. The van der Waals surface area contributed by atoms with Crippen LogP contribution in [-0.2, 0) is 6.42 Å². The highest BCUT2D eigenvalue weighted by atomic mass is 19.1. The zero-order valence-corrected chi connectivity index (χ0v) is 12.2. The Balaban J connectivity index is 2.80. The molecule has 1 nitrogen and oxygen atoms in total. The van der Waals surface area contributed by atoms with Crippen molar-refractivity contribution in [2.24, 2.45) is 5.92 Å². The van der Waals surface area contributed by atoms with Gasteiger partial charge < -0.3 is 5.32 Å². The summed E-state index contributed by atoms with van der Waals surface area (Å²) in [7, 11) is 0. The quantitative estimate of drug-likeness (QED) is 0.741. The highest BCUT2D eigenvalue weighted by Gasteiger charge is 2.19. The lowest BCUT2D eigenvalue weighted by atomic mass is 9.89. The van der Waals surface area contributed by atoms with Crippen LogP contribution in [-0.4, -0.2) is 12.6 Å². The number of rotatable bonds is 8. The Morgan fingerprint density at radius 2 is 1.79 bits per heavy atom. The normalized spacial score (nSPS) is 12.9. The predicted molar refractivity (Wildman–Crippen MR) is 76.2 cm³/mol. The van der Waals surface area contributed by atoms with Crippen LogP contribution in [0.3, 0.4) is 0 Å². The van der Waals surface area contributed by atoms with Gasteiger partial charge in [-0.3, -0.25) is 0 Å². The summed E-state index contributed by atoms with van der Waals surface area (Å²) in [5.74, 6) is -0.424. The standard InChI is InChI=1S/C16H25F2N/c1-4-9-19-16(12(5-2)6-3)10-13-7-8-14(17)11-15(13)18/h7-8,11-12,16,19H,4-6,9-10H2,1-3H3. The molecule has 1 unspecified atom stereocenters. The Morgan fingerprint density at radius 1 is 1.11 bits per heavy atom. The van der Waals surface area contributed by atoms with Gasteiger partial charge in [-0.15, -0.1) is 0 Å². The van der Waals surface area contributed by atoms with Crippen molar-refractivity contribution < 1.29 is 8.78 Å². The van der Waals surface area contributed by atoms with Gasteiger partial charge in [-0.25, -0.2) is 8.78 Å². The van der Waals surface area contributed by atoms with E-state index < -0.39 is 11.6 Å². The minimum absolute atomic E-state index is 0.259. The molecule has 0 aliphatic rings. The minimum Gasteiger partial charge on any atom is -0.313 e. The van der Waals surface area contributed by atoms with Crippen molar-refractivity contribution in [1.29, 1.82) is 0 Å². The van der Waals surface area contributed by atoms with Gasteiger partial charge in [-0.05, 0) is 36.9 Å². The number of hydrogen-bond donors (Lipinski definition) is 1. The Bertz CT molecular complexity index is 375. The van der Waals surface area contributed by atoms with Crippen molar-refractivity contribution in [3.05, 3.63) is 35.4 Å². The number of halogens is 2. The van der Waals surface area contributed by atoms with Crippen LogP contribution in [0.2, 0.25) is 0 Å². The average molecular weight is 269 g/mol. The number of nitrogens with one attached hydrogen (secondary N) is 1. The van der Waals surface area contributed by atoms with E-state index in [1.165, 1.54) is 6.07 Å². The van der Waals surface area contributed by atoms with Gasteiger partial charge in [0.15, 0.2) is 0 Å². The average Bonchev–Trinajstić information content (AvgIpc) is 2.39. The topological polar surface area (TPSA) is 12.0 Å². The molecule has 0 bridgehead atoms. The first-order chi connectivity index (χ1) is 9.12. The smallest absolute Gasteiger partial charge is 0.129 e. The third kappa shape index (κ3) is 4.90. The lowest BCUT2D eigenvalue weighted by Crippen LogP contribution is -2.38. The largest absolute Gasteiger partial charge is 0.313 e.